The molecule has 4 heteroatoms. The monoisotopic (exact) mass is 200 g/mol. The molecule has 2 aromatic rings. The van der Waals surface area contributed by atoms with Gasteiger partial charge in [0.25, 0.3) is 0 Å². The third-order valence-electron chi connectivity index (χ3n) is 1.80. The van der Waals surface area contributed by atoms with Gasteiger partial charge in [-0.2, -0.15) is 0 Å². The van der Waals surface area contributed by atoms with Crippen LogP contribution in [0.2, 0.25) is 0 Å². The van der Waals surface area contributed by atoms with Gasteiger partial charge in [-0.25, -0.2) is 8.78 Å². The van der Waals surface area contributed by atoms with Crippen LogP contribution in [0, 0.1) is 11.6 Å². The quantitative estimate of drug-likeness (QED) is 0.687. The fourth-order valence-corrected chi connectivity index (χ4v) is 1.97. The summed E-state index contributed by atoms with van der Waals surface area (Å²) in [6.45, 7) is 0. The first kappa shape index (κ1) is 8.44. The standard InChI is InChI=1S/C9H6F2OS/c1-12-8-3-9-5(2-6(8)10)7(11)4-13-9/h2-4H,1H3. The van der Waals surface area contributed by atoms with Crippen LogP contribution in [0.25, 0.3) is 10.1 Å². The van der Waals surface area contributed by atoms with Gasteiger partial charge in [0.2, 0.25) is 0 Å². The van der Waals surface area contributed by atoms with Gasteiger partial charge in [-0.1, -0.05) is 0 Å². The average molecular weight is 200 g/mol. The van der Waals surface area contributed by atoms with E-state index in [0.717, 1.165) is 6.07 Å². The smallest absolute Gasteiger partial charge is 0.165 e. The molecule has 2 rings (SSSR count). The van der Waals surface area contributed by atoms with Gasteiger partial charge in [0.15, 0.2) is 11.6 Å². The topological polar surface area (TPSA) is 9.23 Å². The summed E-state index contributed by atoms with van der Waals surface area (Å²) < 4.78 is 31.5. The summed E-state index contributed by atoms with van der Waals surface area (Å²) >= 11 is 1.23. The van der Waals surface area contributed by atoms with Crippen LogP contribution < -0.4 is 4.74 Å². The fourth-order valence-electron chi connectivity index (χ4n) is 1.15. The minimum absolute atomic E-state index is 0.148. The Hall–Kier alpha value is -1.16. The molecular weight excluding hydrogens is 194 g/mol. The van der Waals surface area contributed by atoms with Gasteiger partial charge in [0.05, 0.1) is 7.11 Å². The van der Waals surface area contributed by atoms with Crippen LogP contribution >= 0.6 is 11.3 Å². The van der Waals surface area contributed by atoms with E-state index in [1.165, 1.54) is 29.9 Å². The van der Waals surface area contributed by atoms with E-state index in [1.54, 1.807) is 0 Å². The molecule has 0 N–H and O–H groups in total. The second kappa shape index (κ2) is 2.96. The summed E-state index contributed by atoms with van der Waals surface area (Å²) in [6.07, 6.45) is 0. The largest absolute Gasteiger partial charge is 0.494 e. The third kappa shape index (κ3) is 1.27. The van der Waals surface area contributed by atoms with E-state index < -0.39 is 5.82 Å². The number of hydrogen-bond donors (Lipinski definition) is 0. The zero-order chi connectivity index (χ0) is 9.42. The molecule has 1 aromatic heterocycles. The van der Waals surface area contributed by atoms with E-state index in [9.17, 15) is 8.78 Å². The molecule has 0 bridgehead atoms. The molecule has 68 valence electrons. The molecule has 0 radical (unpaired) electrons. The lowest BCUT2D eigenvalue weighted by atomic mass is 10.2. The molecule has 0 unspecified atom stereocenters. The number of methoxy groups -OCH3 is 1. The van der Waals surface area contributed by atoms with Gasteiger partial charge in [0, 0.05) is 21.5 Å². The lowest BCUT2D eigenvalue weighted by Gasteiger charge is -2.00. The van der Waals surface area contributed by atoms with Crippen LogP contribution in [0.4, 0.5) is 8.78 Å². The Labute approximate surface area is 77.6 Å². The predicted molar refractivity (Wildman–Crippen MR) is 48.3 cm³/mol. The summed E-state index contributed by atoms with van der Waals surface area (Å²) in [7, 11) is 1.38. The number of hydrogen-bond acceptors (Lipinski definition) is 2. The summed E-state index contributed by atoms with van der Waals surface area (Å²) in [5.74, 6) is -0.775. The van der Waals surface area contributed by atoms with Crippen LogP contribution in [0.5, 0.6) is 5.75 Å². The number of halogens is 2. The molecular formula is C9H6F2OS. The first-order valence-corrected chi connectivity index (χ1v) is 4.50. The van der Waals surface area contributed by atoms with Crippen molar-refractivity contribution in [3.8, 4) is 5.75 Å². The van der Waals surface area contributed by atoms with Crippen LogP contribution in [-0.2, 0) is 0 Å². The van der Waals surface area contributed by atoms with Gasteiger partial charge in [-0.15, -0.1) is 11.3 Å². The highest BCUT2D eigenvalue weighted by molar-refractivity contribution is 7.17. The van der Waals surface area contributed by atoms with Crippen molar-refractivity contribution in [1.29, 1.82) is 0 Å². The molecule has 0 saturated carbocycles. The highest BCUT2D eigenvalue weighted by Gasteiger charge is 2.09. The second-order valence-electron chi connectivity index (χ2n) is 2.57. The molecule has 1 aromatic carbocycles. The molecule has 0 aliphatic heterocycles. The molecule has 0 spiro atoms. The van der Waals surface area contributed by atoms with Crippen molar-refractivity contribution in [3.63, 3.8) is 0 Å². The van der Waals surface area contributed by atoms with Crippen molar-refractivity contribution in [2.24, 2.45) is 0 Å². The molecule has 0 fully saturated rings. The number of benzene rings is 1. The second-order valence-corrected chi connectivity index (χ2v) is 3.48. The molecule has 0 aliphatic rings. The van der Waals surface area contributed by atoms with E-state index in [4.69, 9.17) is 4.74 Å². The normalized spacial score (nSPS) is 10.7. The number of ether oxygens (including phenoxy) is 1. The summed E-state index contributed by atoms with van der Waals surface area (Å²) in [4.78, 5) is 0. The first-order valence-electron chi connectivity index (χ1n) is 3.62. The first-order chi connectivity index (χ1) is 6.22. The highest BCUT2D eigenvalue weighted by Crippen LogP contribution is 2.30. The molecule has 1 nitrogen and oxygen atoms in total. The van der Waals surface area contributed by atoms with E-state index in [-0.39, 0.29) is 11.6 Å². The maximum absolute atomic E-state index is 13.1. The number of thiophene rings is 1. The lowest BCUT2D eigenvalue weighted by molar-refractivity contribution is 0.387. The Bertz CT molecular complexity index is 450. The molecule has 0 atom stereocenters. The Morgan fingerprint density at radius 2 is 2.00 bits per heavy atom. The Morgan fingerprint density at radius 3 is 2.69 bits per heavy atom. The summed E-state index contributed by atoms with van der Waals surface area (Å²) in [5.41, 5.74) is 0. The zero-order valence-corrected chi connectivity index (χ0v) is 7.62. The van der Waals surface area contributed by atoms with E-state index in [1.807, 2.05) is 0 Å². The Kier molecular flexibility index (Phi) is 1.92. The fraction of sp³-hybridized carbons (Fsp3) is 0.111. The SMILES string of the molecule is COc1cc2scc(F)c2cc1F. The average Bonchev–Trinajstić information content (AvgIpc) is 2.47. The van der Waals surface area contributed by atoms with Gasteiger partial charge in [-0.3, -0.25) is 0 Å². The van der Waals surface area contributed by atoms with E-state index in [0.29, 0.717) is 10.1 Å². The van der Waals surface area contributed by atoms with Crippen LogP contribution in [0.15, 0.2) is 17.5 Å². The van der Waals surface area contributed by atoms with Gasteiger partial charge in [0.1, 0.15) is 5.82 Å². The van der Waals surface area contributed by atoms with E-state index in [2.05, 4.69) is 0 Å². The summed E-state index contributed by atoms with van der Waals surface area (Å²) in [6, 6.07) is 2.65. The Morgan fingerprint density at radius 1 is 1.23 bits per heavy atom. The minimum atomic E-state index is -0.535. The van der Waals surface area contributed by atoms with Gasteiger partial charge in [-0.05, 0) is 6.07 Å². The predicted octanol–water partition coefficient (Wildman–Crippen LogP) is 3.19. The maximum Gasteiger partial charge on any atom is 0.165 e. The van der Waals surface area contributed by atoms with Crippen molar-refractivity contribution in [3.05, 3.63) is 29.1 Å². The van der Waals surface area contributed by atoms with E-state index >= 15 is 0 Å². The molecule has 1 heterocycles. The molecule has 0 amide bonds. The third-order valence-corrected chi connectivity index (χ3v) is 2.72. The van der Waals surface area contributed by atoms with Crippen molar-refractivity contribution in [2.75, 3.05) is 7.11 Å². The Balaban J connectivity index is 2.76. The van der Waals surface area contributed by atoms with Crippen molar-refractivity contribution in [1.82, 2.24) is 0 Å². The number of rotatable bonds is 1. The molecule has 0 saturated heterocycles. The molecule has 0 aliphatic carbocycles. The zero-order valence-electron chi connectivity index (χ0n) is 6.80. The highest BCUT2D eigenvalue weighted by atomic mass is 32.1. The maximum atomic E-state index is 13.1. The summed E-state index contributed by atoms with van der Waals surface area (Å²) in [5, 5.41) is 1.66. The minimum Gasteiger partial charge on any atom is -0.494 e. The lowest BCUT2D eigenvalue weighted by Crippen LogP contribution is -1.86. The number of fused-ring (bicyclic) bond motifs is 1. The van der Waals surface area contributed by atoms with Gasteiger partial charge < -0.3 is 4.74 Å². The van der Waals surface area contributed by atoms with Crippen LogP contribution in [0.1, 0.15) is 0 Å². The van der Waals surface area contributed by atoms with Crippen LogP contribution in [0.3, 0.4) is 0 Å². The van der Waals surface area contributed by atoms with Crippen LogP contribution in [-0.4, -0.2) is 7.11 Å². The van der Waals surface area contributed by atoms with Crippen molar-refractivity contribution < 1.29 is 13.5 Å². The van der Waals surface area contributed by atoms with Gasteiger partial charge >= 0.3 is 0 Å². The molecule has 13 heavy (non-hydrogen) atoms. The van der Waals surface area contributed by atoms with Crippen molar-refractivity contribution >= 4 is 21.4 Å². The van der Waals surface area contributed by atoms with Crippen molar-refractivity contribution in [2.45, 2.75) is 0 Å².